The van der Waals surface area contributed by atoms with Gasteiger partial charge in [0.05, 0.1) is 6.61 Å². The van der Waals surface area contributed by atoms with Crippen molar-refractivity contribution in [1.29, 1.82) is 0 Å². The molecule has 208 valence electrons. The van der Waals surface area contributed by atoms with Crippen molar-refractivity contribution in [2.45, 2.75) is 70.2 Å². The van der Waals surface area contributed by atoms with Crippen molar-refractivity contribution < 1.29 is 43.2 Å². The second kappa shape index (κ2) is 12.1. The van der Waals surface area contributed by atoms with Crippen LogP contribution >= 0.6 is 0 Å². The largest absolute Gasteiger partial charge is 0.479 e. The minimum atomic E-state index is -1.19. The molecule has 0 spiro atoms. The second-order valence-corrected chi connectivity index (χ2v) is 9.86. The van der Waals surface area contributed by atoms with Gasteiger partial charge in [0.15, 0.2) is 17.7 Å². The van der Waals surface area contributed by atoms with Gasteiger partial charge in [0.1, 0.15) is 30.1 Å². The molecule has 2 aromatic rings. The lowest BCUT2D eigenvalue weighted by Gasteiger charge is -2.51. The highest BCUT2D eigenvalue weighted by atomic mass is 16.8. The minimum absolute atomic E-state index is 0.138. The van der Waals surface area contributed by atoms with E-state index in [2.05, 4.69) is 5.32 Å². The van der Waals surface area contributed by atoms with Crippen molar-refractivity contribution >= 4 is 23.7 Å². The van der Waals surface area contributed by atoms with Crippen molar-refractivity contribution in [1.82, 2.24) is 5.32 Å². The number of benzene rings is 2. The number of allylic oxidation sites excluding steroid dienone is 1. The quantitative estimate of drug-likeness (QED) is 0.364. The van der Waals surface area contributed by atoms with Gasteiger partial charge in [-0.2, -0.15) is 0 Å². The van der Waals surface area contributed by atoms with Crippen LogP contribution in [0.3, 0.4) is 0 Å². The second-order valence-electron chi connectivity index (χ2n) is 9.86. The fraction of sp³-hybridized carbons (Fsp3) is 0.414. The molecule has 6 atom stereocenters. The third-order valence-corrected chi connectivity index (χ3v) is 6.38. The molecule has 10 heteroatoms. The normalized spacial score (nSPS) is 26.8. The molecule has 0 saturated carbocycles. The number of rotatable bonds is 9. The van der Waals surface area contributed by atoms with Crippen LogP contribution in [0.15, 0.2) is 60.7 Å². The highest BCUT2D eigenvalue weighted by Gasteiger charge is 2.54. The summed E-state index contributed by atoms with van der Waals surface area (Å²) in [5, 5.41) is 12.3. The number of hydrogen-bond donors (Lipinski definition) is 2. The maximum absolute atomic E-state index is 12.6. The maximum Gasteiger partial charge on any atom is 0.332 e. The van der Waals surface area contributed by atoms with Crippen molar-refractivity contribution in [2.24, 2.45) is 0 Å². The van der Waals surface area contributed by atoms with Gasteiger partial charge in [-0.05, 0) is 39.0 Å². The summed E-state index contributed by atoms with van der Waals surface area (Å²) in [4.78, 5) is 36.5. The molecule has 0 aromatic heterocycles. The molecule has 4 rings (SSSR count). The smallest absolute Gasteiger partial charge is 0.332 e. The molecule has 6 unspecified atom stereocenters. The molecule has 39 heavy (non-hydrogen) atoms. The zero-order chi connectivity index (χ0) is 28.2. The van der Waals surface area contributed by atoms with E-state index in [-0.39, 0.29) is 18.3 Å². The summed E-state index contributed by atoms with van der Waals surface area (Å²) in [6, 6.07) is 15.0. The zero-order valence-corrected chi connectivity index (χ0v) is 22.2. The topological polar surface area (TPSA) is 130 Å². The van der Waals surface area contributed by atoms with Gasteiger partial charge >= 0.3 is 5.97 Å². The fourth-order valence-electron chi connectivity index (χ4n) is 4.48. The molecule has 10 nitrogen and oxygen atoms in total. The van der Waals surface area contributed by atoms with Crippen LogP contribution < -0.4 is 10.1 Å². The molecule has 2 aromatic carbocycles. The summed E-state index contributed by atoms with van der Waals surface area (Å²) in [6.45, 7) is 6.34. The van der Waals surface area contributed by atoms with Crippen molar-refractivity contribution in [3.8, 4) is 5.75 Å². The van der Waals surface area contributed by atoms with Gasteiger partial charge in [-0.1, -0.05) is 48.5 Å². The van der Waals surface area contributed by atoms with Gasteiger partial charge < -0.3 is 34.1 Å². The Bertz CT molecular complexity index is 1210. The number of amides is 1. The summed E-state index contributed by atoms with van der Waals surface area (Å²) < 4.78 is 30.3. The molecule has 0 bridgehead atoms. The highest BCUT2D eigenvalue weighted by molar-refractivity contribution is 6.06. The summed E-state index contributed by atoms with van der Waals surface area (Å²) in [6.07, 6.45) is -1.54. The maximum atomic E-state index is 12.6. The number of carboxylic acids is 1. The van der Waals surface area contributed by atoms with Gasteiger partial charge in [0, 0.05) is 18.1 Å². The van der Waals surface area contributed by atoms with E-state index in [1.165, 1.54) is 19.9 Å². The number of fused-ring (bicyclic) bond motifs is 1. The Morgan fingerprint density at radius 3 is 2.49 bits per heavy atom. The van der Waals surface area contributed by atoms with Crippen LogP contribution in [-0.2, 0) is 28.5 Å². The molecular weight excluding hydrogens is 506 g/mol. The van der Waals surface area contributed by atoms with E-state index in [0.29, 0.717) is 16.9 Å². The summed E-state index contributed by atoms with van der Waals surface area (Å²) >= 11 is 0. The molecule has 0 radical (unpaired) electrons. The molecule has 0 aliphatic carbocycles. The minimum Gasteiger partial charge on any atom is -0.479 e. The summed E-state index contributed by atoms with van der Waals surface area (Å²) in [5.74, 6) is -2.32. The number of hydrogen-bond acceptors (Lipinski definition) is 8. The van der Waals surface area contributed by atoms with E-state index >= 15 is 0 Å². The van der Waals surface area contributed by atoms with E-state index in [1.54, 1.807) is 68.5 Å². The van der Waals surface area contributed by atoms with Gasteiger partial charge in [-0.3, -0.25) is 9.59 Å². The van der Waals surface area contributed by atoms with Gasteiger partial charge in [0.25, 0.3) is 0 Å². The molecule has 2 N–H and O–H groups in total. The molecule has 2 fully saturated rings. The number of para-hydroxylation sites is 1. The first-order valence-electron chi connectivity index (χ1n) is 12.7. The van der Waals surface area contributed by atoms with Crippen LogP contribution in [0.2, 0.25) is 0 Å². The van der Waals surface area contributed by atoms with Crippen LogP contribution in [0.1, 0.15) is 43.6 Å². The Kier molecular flexibility index (Phi) is 8.81. The van der Waals surface area contributed by atoms with Crippen LogP contribution in [0.25, 0.3) is 6.08 Å². The molecule has 2 aliphatic heterocycles. The average molecular weight is 540 g/mol. The Hall–Kier alpha value is -3.57. The van der Waals surface area contributed by atoms with E-state index in [4.69, 9.17) is 23.7 Å². The van der Waals surface area contributed by atoms with Crippen LogP contribution in [0.5, 0.6) is 5.75 Å². The summed E-state index contributed by atoms with van der Waals surface area (Å²) in [5.41, 5.74) is 1.15. The van der Waals surface area contributed by atoms with Gasteiger partial charge in [0.2, 0.25) is 12.2 Å². The third kappa shape index (κ3) is 7.10. The average Bonchev–Trinajstić information content (AvgIpc) is 2.90. The van der Waals surface area contributed by atoms with Crippen LogP contribution in [-0.4, -0.2) is 71.9 Å². The van der Waals surface area contributed by atoms with Crippen LogP contribution in [0.4, 0.5) is 0 Å². The number of ether oxygens (including phenoxy) is 5. The van der Waals surface area contributed by atoms with E-state index in [9.17, 15) is 19.5 Å². The van der Waals surface area contributed by atoms with Crippen molar-refractivity contribution in [3.05, 3.63) is 71.8 Å². The number of ketones is 1. The monoisotopic (exact) mass is 539 g/mol. The lowest BCUT2D eigenvalue weighted by molar-refractivity contribution is -0.366. The van der Waals surface area contributed by atoms with Gasteiger partial charge in [-0.25, -0.2) is 4.79 Å². The predicted molar refractivity (Wildman–Crippen MR) is 140 cm³/mol. The fourth-order valence-corrected chi connectivity index (χ4v) is 4.48. The van der Waals surface area contributed by atoms with Crippen molar-refractivity contribution in [2.75, 3.05) is 6.61 Å². The summed E-state index contributed by atoms with van der Waals surface area (Å²) in [7, 11) is 0. The number of carbonyl (C=O) groups is 3. The number of aliphatic carboxylic acids is 1. The Labute approximate surface area is 226 Å². The molecule has 1 amide bonds. The lowest BCUT2D eigenvalue weighted by Crippen LogP contribution is -2.70. The SMILES string of the molecule is CC(=O)NC1C(Oc2ccccc2/C=C/C(=O)c2ccccc2)OC2COC(C)(C)OC2C1OC(C)C(=O)O. The predicted octanol–water partition coefficient (Wildman–Crippen LogP) is 3.20. The van der Waals surface area contributed by atoms with Crippen LogP contribution in [0, 0.1) is 0 Å². The lowest BCUT2D eigenvalue weighted by atomic mass is 9.94. The first-order valence-corrected chi connectivity index (χ1v) is 12.7. The Morgan fingerprint density at radius 2 is 1.79 bits per heavy atom. The zero-order valence-electron chi connectivity index (χ0n) is 22.2. The van der Waals surface area contributed by atoms with Crippen molar-refractivity contribution in [3.63, 3.8) is 0 Å². The third-order valence-electron chi connectivity index (χ3n) is 6.38. The van der Waals surface area contributed by atoms with E-state index < -0.39 is 48.5 Å². The Morgan fingerprint density at radius 1 is 1.10 bits per heavy atom. The highest BCUT2D eigenvalue weighted by Crippen LogP contribution is 2.36. The molecule has 2 aliphatic rings. The van der Waals surface area contributed by atoms with Gasteiger partial charge in [-0.15, -0.1) is 0 Å². The number of carboxylic acid groups (broad SMARTS) is 1. The molecular formula is C29H33NO9. The number of carbonyl (C=O) groups excluding carboxylic acids is 2. The first-order chi connectivity index (χ1) is 18.5. The molecule has 2 saturated heterocycles. The standard InChI is InChI=1S/C29H33NO9/c1-17(27(33)34)36-26-24(30-18(2)31)28(38-23-16-35-29(3,4)39-25(23)26)37-22-13-9-8-12-20(22)14-15-21(32)19-10-6-5-7-11-19/h5-15,17,23-26,28H,16H2,1-4H3,(H,30,31)(H,33,34)/b15-14+. The first kappa shape index (κ1) is 28.4. The number of nitrogens with one attached hydrogen (secondary N) is 1. The molecule has 2 heterocycles. The van der Waals surface area contributed by atoms with E-state index in [0.717, 1.165) is 0 Å². The Balaban J connectivity index is 1.63. The van der Waals surface area contributed by atoms with E-state index in [1.807, 2.05) is 6.07 Å².